The van der Waals surface area contributed by atoms with E-state index in [0.29, 0.717) is 60.1 Å². The summed E-state index contributed by atoms with van der Waals surface area (Å²) in [7, 11) is 1.51. The molecule has 0 aliphatic carbocycles. The fourth-order valence-corrected chi connectivity index (χ4v) is 5.70. The number of carbonyl (C=O) groups is 2. The number of nitrogens with zero attached hydrogens (tertiary/aromatic N) is 3. The number of amides is 2. The number of para-hydroxylation sites is 1. The van der Waals surface area contributed by atoms with Crippen LogP contribution < -0.4 is 26.0 Å². The van der Waals surface area contributed by atoms with Crippen LogP contribution in [0, 0.1) is 13.8 Å². The van der Waals surface area contributed by atoms with E-state index in [-0.39, 0.29) is 18.4 Å². The van der Waals surface area contributed by atoms with Gasteiger partial charge in [-0.15, -0.1) is 0 Å². The summed E-state index contributed by atoms with van der Waals surface area (Å²) in [5.41, 5.74) is 6.25. The molecule has 0 radical (unpaired) electrons. The summed E-state index contributed by atoms with van der Waals surface area (Å²) in [6.07, 6.45) is 4.43. The second-order valence-electron chi connectivity index (χ2n) is 10.9. The van der Waals surface area contributed by atoms with Crippen LogP contribution in [-0.4, -0.2) is 58.8 Å². The molecule has 4 heterocycles. The van der Waals surface area contributed by atoms with E-state index in [1.807, 2.05) is 48.9 Å². The number of hydrogen-bond donors (Lipinski definition) is 4. The van der Waals surface area contributed by atoms with Crippen LogP contribution in [0.15, 0.2) is 54.9 Å². The minimum Gasteiger partial charge on any atom is -0.495 e. The Kier molecular flexibility index (Phi) is 7.81. The van der Waals surface area contributed by atoms with E-state index in [1.165, 1.54) is 7.11 Å². The third-order valence-corrected chi connectivity index (χ3v) is 8.09. The first-order chi connectivity index (χ1) is 20.8. The second-order valence-corrected chi connectivity index (χ2v) is 10.9. The van der Waals surface area contributed by atoms with E-state index >= 15 is 0 Å². The van der Waals surface area contributed by atoms with Crippen molar-refractivity contribution in [2.75, 3.05) is 30.8 Å². The molecule has 4 N–H and O–H groups in total. The van der Waals surface area contributed by atoms with Crippen molar-refractivity contribution < 1.29 is 18.7 Å². The Morgan fingerprint density at radius 2 is 1.91 bits per heavy atom. The van der Waals surface area contributed by atoms with E-state index in [9.17, 15) is 14.0 Å². The maximum Gasteiger partial charge on any atom is 0.257 e. The van der Waals surface area contributed by atoms with Gasteiger partial charge in [-0.25, -0.2) is 9.37 Å². The Labute approximate surface area is 249 Å². The number of methoxy groups -OCH3 is 1. The van der Waals surface area contributed by atoms with Gasteiger partial charge in [0.25, 0.3) is 11.8 Å². The van der Waals surface area contributed by atoms with Gasteiger partial charge in [0.15, 0.2) is 0 Å². The van der Waals surface area contributed by atoms with Crippen LogP contribution >= 0.6 is 0 Å². The standard InChI is InChI=1S/C32H34FN7O3/c1-18-5-4-6-19(2)28(18)38-31(42)22-12-14-40-26(22)10-8-21-16-35-32(39-29(21)40)37-25-9-7-20(15-27(25)43-3)30(41)36-24-11-13-34-17-23(24)33/h4-7,9,12,14-16,23-24,34H,8,10-11,13,17H2,1-3H3,(H,36,41)(H,38,42)(H,35,37,39)/t23-,24+/m0/s1. The van der Waals surface area contributed by atoms with Crippen LogP contribution in [0.5, 0.6) is 5.75 Å². The molecule has 43 heavy (non-hydrogen) atoms. The van der Waals surface area contributed by atoms with Gasteiger partial charge in [-0.1, -0.05) is 18.2 Å². The number of aromatic nitrogens is 3. The summed E-state index contributed by atoms with van der Waals surface area (Å²) >= 11 is 0. The molecule has 2 atom stereocenters. The zero-order valence-corrected chi connectivity index (χ0v) is 24.3. The molecule has 222 valence electrons. The number of nitrogens with one attached hydrogen (secondary N) is 4. The Morgan fingerprint density at radius 3 is 2.67 bits per heavy atom. The van der Waals surface area contributed by atoms with E-state index in [4.69, 9.17) is 9.72 Å². The number of rotatable bonds is 7. The summed E-state index contributed by atoms with van der Waals surface area (Å²) in [5, 5.41) is 12.1. The average Bonchev–Trinajstić information content (AvgIpc) is 3.45. The van der Waals surface area contributed by atoms with E-state index in [0.717, 1.165) is 28.1 Å². The summed E-state index contributed by atoms with van der Waals surface area (Å²) in [6.45, 7) is 4.84. The van der Waals surface area contributed by atoms with E-state index in [2.05, 4.69) is 26.3 Å². The maximum absolute atomic E-state index is 14.2. The molecule has 0 unspecified atom stereocenters. The fourth-order valence-electron chi connectivity index (χ4n) is 5.70. The lowest BCUT2D eigenvalue weighted by Gasteiger charge is -2.27. The van der Waals surface area contributed by atoms with Crippen molar-refractivity contribution in [2.45, 2.75) is 45.3 Å². The van der Waals surface area contributed by atoms with Crippen molar-refractivity contribution in [3.63, 3.8) is 0 Å². The van der Waals surface area contributed by atoms with E-state index < -0.39 is 12.2 Å². The van der Waals surface area contributed by atoms with Crippen molar-refractivity contribution in [1.82, 2.24) is 25.2 Å². The lowest BCUT2D eigenvalue weighted by Crippen LogP contribution is -2.50. The van der Waals surface area contributed by atoms with Gasteiger partial charge in [0.1, 0.15) is 17.7 Å². The maximum atomic E-state index is 14.2. The highest BCUT2D eigenvalue weighted by Gasteiger charge is 2.27. The highest BCUT2D eigenvalue weighted by Crippen LogP contribution is 2.31. The third kappa shape index (κ3) is 5.68. The van der Waals surface area contributed by atoms with Crippen LogP contribution in [0.1, 0.15) is 49.5 Å². The largest absolute Gasteiger partial charge is 0.495 e. The summed E-state index contributed by atoms with van der Waals surface area (Å²) in [5.74, 6) is 0.943. The molecule has 1 saturated heterocycles. The number of halogens is 1. The molecule has 4 aromatic rings. The normalized spacial score (nSPS) is 17.4. The molecule has 2 aromatic carbocycles. The molecule has 0 saturated carbocycles. The minimum atomic E-state index is -1.13. The monoisotopic (exact) mass is 583 g/mol. The van der Waals surface area contributed by atoms with Gasteiger partial charge in [-0.05, 0) is 75.0 Å². The highest BCUT2D eigenvalue weighted by atomic mass is 19.1. The van der Waals surface area contributed by atoms with Gasteiger partial charge in [0, 0.05) is 41.4 Å². The van der Waals surface area contributed by atoms with Gasteiger partial charge in [-0.2, -0.15) is 4.98 Å². The molecule has 10 nitrogen and oxygen atoms in total. The number of anilines is 3. The van der Waals surface area contributed by atoms with Crippen LogP contribution in [0.25, 0.3) is 5.82 Å². The summed E-state index contributed by atoms with van der Waals surface area (Å²) < 4.78 is 21.7. The predicted molar refractivity (Wildman–Crippen MR) is 163 cm³/mol. The van der Waals surface area contributed by atoms with Gasteiger partial charge in [-0.3, -0.25) is 9.59 Å². The summed E-state index contributed by atoms with van der Waals surface area (Å²) in [4.78, 5) is 35.4. The number of carbonyl (C=O) groups excluding carboxylic acids is 2. The van der Waals surface area contributed by atoms with Crippen molar-refractivity contribution in [3.05, 3.63) is 88.4 Å². The predicted octanol–water partition coefficient (Wildman–Crippen LogP) is 4.42. The fraction of sp³-hybridized carbons (Fsp3) is 0.312. The van der Waals surface area contributed by atoms with Gasteiger partial charge >= 0.3 is 0 Å². The lowest BCUT2D eigenvalue weighted by molar-refractivity contribution is 0.0891. The number of ether oxygens (including phenoxy) is 1. The number of fused-ring (bicyclic) bond motifs is 3. The van der Waals surface area contributed by atoms with Crippen LogP contribution in [0.4, 0.5) is 21.7 Å². The van der Waals surface area contributed by atoms with Crippen molar-refractivity contribution in [2.24, 2.45) is 0 Å². The molecule has 2 aliphatic heterocycles. The van der Waals surface area contributed by atoms with Crippen molar-refractivity contribution in [3.8, 4) is 11.6 Å². The van der Waals surface area contributed by atoms with Gasteiger partial charge < -0.3 is 30.6 Å². The van der Waals surface area contributed by atoms with E-state index in [1.54, 1.807) is 24.4 Å². The zero-order valence-electron chi connectivity index (χ0n) is 24.3. The highest BCUT2D eigenvalue weighted by molar-refractivity contribution is 6.06. The molecule has 1 fully saturated rings. The molecule has 2 aromatic heterocycles. The zero-order chi connectivity index (χ0) is 30.1. The number of piperidine rings is 1. The first-order valence-electron chi connectivity index (χ1n) is 14.4. The Balaban J connectivity index is 1.21. The smallest absolute Gasteiger partial charge is 0.257 e. The molecule has 2 aliphatic rings. The SMILES string of the molecule is COc1cc(C(=O)N[C@@H]2CCNC[C@@H]2F)ccc1Nc1ncc2c(n1)-n1ccc(C(=O)Nc3c(C)cccc3C)c1CC2. The van der Waals surface area contributed by atoms with Crippen molar-refractivity contribution in [1.29, 1.82) is 0 Å². The molecule has 11 heteroatoms. The molecule has 0 spiro atoms. The number of hydrogen-bond acceptors (Lipinski definition) is 7. The minimum absolute atomic E-state index is 0.155. The third-order valence-electron chi connectivity index (χ3n) is 8.09. The number of benzene rings is 2. The first-order valence-corrected chi connectivity index (χ1v) is 14.4. The first kappa shape index (κ1) is 28.4. The average molecular weight is 584 g/mol. The van der Waals surface area contributed by atoms with Gasteiger partial charge in [0.2, 0.25) is 5.95 Å². The van der Waals surface area contributed by atoms with Gasteiger partial charge in [0.05, 0.1) is 24.4 Å². The Hall–Kier alpha value is -4.77. The Bertz CT molecular complexity index is 1680. The summed E-state index contributed by atoms with van der Waals surface area (Å²) in [6, 6.07) is 12.2. The number of alkyl halides is 1. The van der Waals surface area contributed by atoms with Crippen molar-refractivity contribution >= 4 is 29.1 Å². The Morgan fingerprint density at radius 1 is 1.09 bits per heavy atom. The molecule has 2 amide bonds. The molecular weight excluding hydrogens is 549 g/mol. The van der Waals surface area contributed by atoms with Crippen LogP contribution in [-0.2, 0) is 12.8 Å². The number of aryl methyl sites for hydroxylation is 3. The van der Waals surface area contributed by atoms with Crippen LogP contribution in [0.3, 0.4) is 0 Å². The topological polar surface area (TPSA) is 122 Å². The van der Waals surface area contributed by atoms with Crippen LogP contribution in [0.2, 0.25) is 0 Å². The second kappa shape index (κ2) is 11.8. The molecule has 0 bridgehead atoms. The molecular formula is C32H34FN7O3. The quantitative estimate of drug-likeness (QED) is 0.254. The lowest BCUT2D eigenvalue weighted by atomic mass is 10.0. The molecule has 6 rings (SSSR count).